The third-order valence-corrected chi connectivity index (χ3v) is 3.18. The van der Waals surface area contributed by atoms with Crippen molar-refractivity contribution in [2.45, 2.75) is 5.54 Å². The zero-order valence-corrected chi connectivity index (χ0v) is 9.77. The lowest BCUT2D eigenvalue weighted by molar-refractivity contribution is -0.143. The quantitative estimate of drug-likeness (QED) is 0.438. The maximum absolute atomic E-state index is 12.3. The standard InChI is InChI=1S/C13H13NO3/c1-4-13(12(16)17-3)11(15)9-7-5-6-8-10(9)14(13)2/h4-8H,1H2,2-3H3. The molecule has 4 nitrogen and oxygen atoms in total. The Kier molecular flexibility index (Phi) is 2.50. The highest BCUT2D eigenvalue weighted by Crippen LogP contribution is 2.38. The van der Waals surface area contributed by atoms with Gasteiger partial charge in [0.25, 0.3) is 0 Å². The molecule has 1 aromatic rings. The topological polar surface area (TPSA) is 46.6 Å². The molecule has 1 heterocycles. The van der Waals surface area contributed by atoms with Gasteiger partial charge >= 0.3 is 5.97 Å². The molecule has 1 atom stereocenters. The lowest BCUT2D eigenvalue weighted by Crippen LogP contribution is -2.54. The number of esters is 1. The van der Waals surface area contributed by atoms with Crippen LogP contribution in [-0.2, 0) is 9.53 Å². The molecule has 1 aliphatic heterocycles. The monoisotopic (exact) mass is 231 g/mol. The molecule has 0 spiro atoms. The first-order chi connectivity index (χ1) is 8.09. The predicted octanol–water partition coefficient (Wildman–Crippen LogP) is 1.42. The van der Waals surface area contributed by atoms with E-state index in [1.54, 1.807) is 30.1 Å². The van der Waals surface area contributed by atoms with Crippen molar-refractivity contribution in [3.05, 3.63) is 42.5 Å². The number of ketones is 1. The van der Waals surface area contributed by atoms with Crippen LogP contribution in [0.3, 0.4) is 0 Å². The normalized spacial score (nSPS) is 22.2. The van der Waals surface area contributed by atoms with Crippen molar-refractivity contribution in [2.75, 3.05) is 19.1 Å². The van der Waals surface area contributed by atoms with Crippen LogP contribution in [0.25, 0.3) is 0 Å². The molecular weight excluding hydrogens is 218 g/mol. The largest absolute Gasteiger partial charge is 0.467 e. The molecular formula is C13H13NO3. The molecule has 0 aromatic heterocycles. The Balaban J connectivity index is 2.65. The molecule has 0 fully saturated rings. The summed E-state index contributed by atoms with van der Waals surface area (Å²) in [5, 5.41) is 0. The number of carbonyl (C=O) groups excluding carboxylic acids is 2. The van der Waals surface area contributed by atoms with Crippen molar-refractivity contribution in [1.82, 2.24) is 0 Å². The van der Waals surface area contributed by atoms with E-state index in [0.717, 1.165) is 0 Å². The van der Waals surface area contributed by atoms with Gasteiger partial charge in [-0.1, -0.05) is 18.7 Å². The SMILES string of the molecule is C=CC1(C(=O)OC)C(=O)c2ccccc2N1C. The number of fused-ring (bicyclic) bond motifs is 1. The molecule has 88 valence electrons. The number of benzene rings is 1. The number of rotatable bonds is 2. The van der Waals surface area contributed by atoms with Crippen molar-refractivity contribution in [1.29, 1.82) is 0 Å². The van der Waals surface area contributed by atoms with E-state index in [2.05, 4.69) is 6.58 Å². The number of anilines is 1. The maximum atomic E-state index is 12.3. The highest BCUT2D eigenvalue weighted by molar-refractivity contribution is 6.26. The van der Waals surface area contributed by atoms with Gasteiger partial charge in [-0.2, -0.15) is 0 Å². The summed E-state index contributed by atoms with van der Waals surface area (Å²) in [6, 6.07) is 7.07. The summed E-state index contributed by atoms with van der Waals surface area (Å²) >= 11 is 0. The first-order valence-electron chi connectivity index (χ1n) is 5.19. The van der Waals surface area contributed by atoms with Gasteiger partial charge in [-0.15, -0.1) is 0 Å². The number of carbonyl (C=O) groups is 2. The summed E-state index contributed by atoms with van der Waals surface area (Å²) in [6.45, 7) is 3.60. The smallest absolute Gasteiger partial charge is 0.344 e. The third-order valence-electron chi connectivity index (χ3n) is 3.18. The molecule has 0 radical (unpaired) electrons. The summed E-state index contributed by atoms with van der Waals surface area (Å²) in [4.78, 5) is 25.8. The summed E-state index contributed by atoms with van der Waals surface area (Å²) in [6.07, 6.45) is 1.33. The number of para-hydroxylation sites is 1. The summed E-state index contributed by atoms with van der Waals surface area (Å²) in [5.74, 6) is -0.909. The fourth-order valence-electron chi connectivity index (χ4n) is 2.20. The number of hydrogen-bond donors (Lipinski definition) is 0. The van der Waals surface area contributed by atoms with Gasteiger partial charge in [-0.05, 0) is 18.2 Å². The van der Waals surface area contributed by atoms with E-state index < -0.39 is 11.5 Å². The first kappa shape index (κ1) is 11.4. The molecule has 0 saturated carbocycles. The fraction of sp³-hybridized carbons (Fsp3) is 0.231. The van der Waals surface area contributed by atoms with Crippen LogP contribution in [0.4, 0.5) is 5.69 Å². The lowest BCUT2D eigenvalue weighted by Gasteiger charge is -2.30. The number of methoxy groups -OCH3 is 1. The summed E-state index contributed by atoms with van der Waals surface area (Å²) in [7, 11) is 2.94. The molecule has 0 saturated heterocycles. The molecule has 1 aliphatic rings. The van der Waals surface area contributed by atoms with E-state index in [1.165, 1.54) is 13.2 Å². The van der Waals surface area contributed by atoms with Gasteiger partial charge < -0.3 is 9.64 Å². The van der Waals surface area contributed by atoms with Crippen LogP contribution in [0.2, 0.25) is 0 Å². The van der Waals surface area contributed by atoms with Crippen molar-refractivity contribution in [3.8, 4) is 0 Å². The second-order valence-electron chi connectivity index (χ2n) is 3.87. The molecule has 4 heteroatoms. The fourth-order valence-corrected chi connectivity index (χ4v) is 2.20. The van der Waals surface area contributed by atoms with Crippen LogP contribution in [-0.4, -0.2) is 31.4 Å². The minimum absolute atomic E-state index is 0.294. The van der Waals surface area contributed by atoms with Crippen molar-refractivity contribution < 1.29 is 14.3 Å². The van der Waals surface area contributed by atoms with Gasteiger partial charge in [-0.25, -0.2) is 4.79 Å². The Labute approximate surface area is 99.5 Å². The molecule has 1 aromatic carbocycles. The molecule has 0 bridgehead atoms. The first-order valence-corrected chi connectivity index (χ1v) is 5.19. The number of likely N-dealkylation sites (N-methyl/N-ethyl adjacent to an activating group) is 1. The van der Waals surface area contributed by atoms with E-state index in [1.807, 2.05) is 6.07 Å². The molecule has 0 aliphatic carbocycles. The van der Waals surface area contributed by atoms with E-state index in [4.69, 9.17) is 4.74 Å². The zero-order chi connectivity index (χ0) is 12.6. The minimum Gasteiger partial charge on any atom is -0.467 e. The highest BCUT2D eigenvalue weighted by atomic mass is 16.5. The lowest BCUT2D eigenvalue weighted by atomic mass is 9.93. The van der Waals surface area contributed by atoms with Gasteiger partial charge in [0.2, 0.25) is 11.3 Å². The van der Waals surface area contributed by atoms with E-state index >= 15 is 0 Å². The zero-order valence-electron chi connectivity index (χ0n) is 9.77. The minimum atomic E-state index is -1.43. The molecule has 1 unspecified atom stereocenters. The average molecular weight is 231 g/mol. The number of Topliss-reactive ketones (excluding diaryl/α,β-unsaturated/α-hetero) is 1. The highest BCUT2D eigenvalue weighted by Gasteiger charge is 2.54. The molecule has 0 N–H and O–H groups in total. The van der Waals surface area contributed by atoms with Gasteiger partial charge in [0.15, 0.2) is 0 Å². The van der Waals surface area contributed by atoms with Crippen LogP contribution in [0.5, 0.6) is 0 Å². The van der Waals surface area contributed by atoms with Gasteiger partial charge in [0, 0.05) is 18.3 Å². The van der Waals surface area contributed by atoms with Crippen molar-refractivity contribution in [2.24, 2.45) is 0 Å². The Morgan fingerprint density at radius 1 is 1.47 bits per heavy atom. The van der Waals surface area contributed by atoms with Crippen LogP contribution in [0.15, 0.2) is 36.9 Å². The van der Waals surface area contributed by atoms with E-state index in [9.17, 15) is 9.59 Å². The average Bonchev–Trinajstić information content (AvgIpc) is 2.60. The summed E-state index contributed by atoms with van der Waals surface area (Å²) < 4.78 is 4.73. The number of ether oxygens (including phenoxy) is 1. The van der Waals surface area contributed by atoms with Crippen molar-refractivity contribution in [3.63, 3.8) is 0 Å². The van der Waals surface area contributed by atoms with E-state index in [0.29, 0.717) is 11.3 Å². The summed E-state index contributed by atoms with van der Waals surface area (Å²) in [5.41, 5.74) is -0.207. The van der Waals surface area contributed by atoms with Crippen LogP contribution in [0, 0.1) is 0 Å². The Morgan fingerprint density at radius 2 is 2.12 bits per heavy atom. The number of nitrogens with zero attached hydrogens (tertiary/aromatic N) is 1. The second kappa shape index (κ2) is 3.73. The van der Waals surface area contributed by atoms with Crippen LogP contribution in [0.1, 0.15) is 10.4 Å². The third kappa shape index (κ3) is 1.24. The van der Waals surface area contributed by atoms with Gasteiger partial charge in [0.05, 0.1) is 7.11 Å². The van der Waals surface area contributed by atoms with Gasteiger partial charge in [0.1, 0.15) is 0 Å². The van der Waals surface area contributed by atoms with Gasteiger partial charge in [-0.3, -0.25) is 4.79 Å². The molecule has 0 amide bonds. The second-order valence-corrected chi connectivity index (χ2v) is 3.87. The Morgan fingerprint density at radius 3 is 2.65 bits per heavy atom. The number of hydrogen-bond acceptors (Lipinski definition) is 4. The van der Waals surface area contributed by atoms with Crippen LogP contribution < -0.4 is 4.90 Å². The molecule has 17 heavy (non-hydrogen) atoms. The Hall–Kier alpha value is -2.10. The predicted molar refractivity (Wildman–Crippen MR) is 64.1 cm³/mol. The van der Waals surface area contributed by atoms with Crippen molar-refractivity contribution >= 4 is 17.4 Å². The maximum Gasteiger partial charge on any atom is 0.344 e. The molecule has 2 rings (SSSR count). The van der Waals surface area contributed by atoms with E-state index in [-0.39, 0.29) is 5.78 Å². The Bertz CT molecular complexity index is 509. The van der Waals surface area contributed by atoms with Crippen LogP contribution >= 0.6 is 0 Å².